The minimum Gasteiger partial charge on any atom is -0.450 e. The van der Waals surface area contributed by atoms with Crippen molar-refractivity contribution in [2.24, 2.45) is 4.99 Å². The number of amides is 1. The van der Waals surface area contributed by atoms with E-state index in [1.807, 2.05) is 6.92 Å². The number of aliphatic imine (C=N–C) groups is 1. The Balaban J connectivity index is 1.99. The van der Waals surface area contributed by atoms with E-state index in [1.165, 1.54) is 4.88 Å². The zero-order chi connectivity index (χ0) is 18.9. The summed E-state index contributed by atoms with van der Waals surface area (Å²) in [4.78, 5) is 24.3. The third-order valence-corrected chi connectivity index (χ3v) is 5.32. The van der Waals surface area contributed by atoms with Gasteiger partial charge in [0, 0.05) is 37.6 Å². The fourth-order valence-corrected chi connectivity index (χ4v) is 3.82. The number of hydrogen-bond acceptors (Lipinski definition) is 5. The molecule has 1 aromatic heterocycles. The zero-order valence-corrected chi connectivity index (χ0v) is 17.1. The van der Waals surface area contributed by atoms with Gasteiger partial charge in [-0.2, -0.15) is 0 Å². The van der Waals surface area contributed by atoms with Crippen LogP contribution in [0.25, 0.3) is 0 Å². The van der Waals surface area contributed by atoms with Crippen molar-refractivity contribution < 1.29 is 9.53 Å². The number of rotatable bonds is 6. The quantitative estimate of drug-likeness (QED) is 0.604. The molecule has 1 aliphatic rings. The standard InChI is InChI=1S/C18H31N5O2S/c1-5-19-17(20-14-15(21(3)4)16-8-7-13-26-16)22-9-11-23(12-10-22)18(24)25-6-2/h7-8,13,15H,5-6,9-12,14H2,1-4H3,(H,19,20). The van der Waals surface area contributed by atoms with E-state index in [0.717, 1.165) is 25.6 Å². The second kappa shape index (κ2) is 10.4. The van der Waals surface area contributed by atoms with Gasteiger partial charge >= 0.3 is 6.09 Å². The van der Waals surface area contributed by atoms with Gasteiger partial charge in [-0.1, -0.05) is 6.07 Å². The van der Waals surface area contributed by atoms with E-state index >= 15 is 0 Å². The number of ether oxygens (including phenoxy) is 1. The largest absolute Gasteiger partial charge is 0.450 e. The first kappa shape index (κ1) is 20.5. The molecule has 1 atom stereocenters. The Bertz CT molecular complexity index is 568. The molecule has 1 unspecified atom stereocenters. The van der Waals surface area contributed by atoms with Crippen molar-refractivity contribution in [2.75, 3.05) is 60.0 Å². The van der Waals surface area contributed by atoms with Crippen molar-refractivity contribution in [3.8, 4) is 0 Å². The van der Waals surface area contributed by atoms with Gasteiger partial charge in [0.15, 0.2) is 5.96 Å². The molecule has 1 amide bonds. The highest BCUT2D eigenvalue weighted by Gasteiger charge is 2.24. The monoisotopic (exact) mass is 381 g/mol. The number of piperazine rings is 1. The Labute approximate surface area is 160 Å². The van der Waals surface area contributed by atoms with Crippen LogP contribution in [0.5, 0.6) is 0 Å². The summed E-state index contributed by atoms with van der Waals surface area (Å²) in [7, 11) is 4.18. The Morgan fingerprint density at radius 3 is 2.54 bits per heavy atom. The van der Waals surface area contributed by atoms with Crippen LogP contribution in [-0.2, 0) is 4.74 Å². The van der Waals surface area contributed by atoms with E-state index in [-0.39, 0.29) is 12.1 Å². The number of nitrogens with one attached hydrogen (secondary N) is 1. The third-order valence-electron chi connectivity index (χ3n) is 4.35. The molecule has 2 rings (SSSR count). The number of nitrogens with zero attached hydrogens (tertiary/aromatic N) is 4. The SMILES string of the molecule is CCNC(=NCC(c1cccs1)N(C)C)N1CCN(C(=O)OCC)CC1. The van der Waals surface area contributed by atoms with Crippen LogP contribution in [-0.4, -0.2) is 86.7 Å². The second-order valence-corrected chi connectivity index (χ2v) is 7.34. The molecule has 0 spiro atoms. The van der Waals surface area contributed by atoms with Crippen LogP contribution in [0.3, 0.4) is 0 Å². The molecular formula is C18H31N5O2S. The first-order chi connectivity index (χ1) is 12.6. The highest BCUT2D eigenvalue weighted by Crippen LogP contribution is 2.23. The topological polar surface area (TPSA) is 60.4 Å². The van der Waals surface area contributed by atoms with Gasteiger partial charge in [0.25, 0.3) is 0 Å². The molecule has 8 heteroatoms. The molecule has 146 valence electrons. The molecule has 1 saturated heterocycles. The maximum Gasteiger partial charge on any atom is 0.409 e. The fraction of sp³-hybridized carbons (Fsp3) is 0.667. The average molecular weight is 382 g/mol. The summed E-state index contributed by atoms with van der Waals surface area (Å²) >= 11 is 1.77. The first-order valence-corrected chi connectivity index (χ1v) is 10.1. The van der Waals surface area contributed by atoms with E-state index in [2.05, 4.69) is 53.6 Å². The summed E-state index contributed by atoms with van der Waals surface area (Å²) in [6.45, 7) is 8.68. The summed E-state index contributed by atoms with van der Waals surface area (Å²) in [5.74, 6) is 0.916. The molecule has 0 aliphatic carbocycles. The van der Waals surface area contributed by atoms with Crippen LogP contribution < -0.4 is 5.32 Å². The van der Waals surface area contributed by atoms with Crippen molar-refractivity contribution in [1.29, 1.82) is 0 Å². The maximum absolute atomic E-state index is 11.9. The van der Waals surface area contributed by atoms with Gasteiger partial charge in [-0.3, -0.25) is 4.99 Å². The highest BCUT2D eigenvalue weighted by atomic mass is 32.1. The van der Waals surface area contributed by atoms with Gasteiger partial charge < -0.3 is 24.8 Å². The van der Waals surface area contributed by atoms with Crippen molar-refractivity contribution >= 4 is 23.4 Å². The van der Waals surface area contributed by atoms with E-state index in [4.69, 9.17) is 9.73 Å². The van der Waals surface area contributed by atoms with Gasteiger partial charge in [0.1, 0.15) is 0 Å². The number of thiophene rings is 1. The minimum absolute atomic E-state index is 0.223. The lowest BCUT2D eigenvalue weighted by Crippen LogP contribution is -2.54. The minimum atomic E-state index is -0.223. The summed E-state index contributed by atoms with van der Waals surface area (Å²) in [6.07, 6.45) is -0.223. The number of likely N-dealkylation sites (N-methyl/N-ethyl adjacent to an activating group) is 1. The Morgan fingerprint density at radius 1 is 1.31 bits per heavy atom. The smallest absolute Gasteiger partial charge is 0.409 e. The van der Waals surface area contributed by atoms with Gasteiger partial charge in [0.05, 0.1) is 19.2 Å². The van der Waals surface area contributed by atoms with Gasteiger partial charge in [-0.15, -0.1) is 11.3 Å². The second-order valence-electron chi connectivity index (χ2n) is 6.36. The van der Waals surface area contributed by atoms with E-state index in [0.29, 0.717) is 26.2 Å². The molecule has 1 fully saturated rings. The van der Waals surface area contributed by atoms with Crippen molar-refractivity contribution in [2.45, 2.75) is 19.9 Å². The van der Waals surface area contributed by atoms with E-state index in [1.54, 1.807) is 16.2 Å². The van der Waals surface area contributed by atoms with Crippen LogP contribution >= 0.6 is 11.3 Å². The molecule has 2 heterocycles. The predicted molar refractivity (Wildman–Crippen MR) is 107 cm³/mol. The lowest BCUT2D eigenvalue weighted by molar-refractivity contribution is 0.0914. The zero-order valence-electron chi connectivity index (χ0n) is 16.3. The fourth-order valence-electron chi connectivity index (χ4n) is 2.90. The molecule has 0 saturated carbocycles. The predicted octanol–water partition coefficient (Wildman–Crippen LogP) is 2.09. The van der Waals surface area contributed by atoms with Gasteiger partial charge in [-0.25, -0.2) is 4.79 Å². The van der Waals surface area contributed by atoms with Crippen molar-refractivity contribution in [1.82, 2.24) is 20.0 Å². The third kappa shape index (κ3) is 5.60. The number of hydrogen-bond donors (Lipinski definition) is 1. The molecule has 7 nitrogen and oxygen atoms in total. The maximum atomic E-state index is 11.9. The Morgan fingerprint density at radius 2 is 2.00 bits per heavy atom. The molecule has 26 heavy (non-hydrogen) atoms. The number of guanidine groups is 1. The summed E-state index contributed by atoms with van der Waals surface area (Å²) in [5, 5.41) is 5.49. The first-order valence-electron chi connectivity index (χ1n) is 9.21. The van der Waals surface area contributed by atoms with Gasteiger partial charge in [-0.05, 0) is 39.4 Å². The van der Waals surface area contributed by atoms with Crippen LogP contribution in [0.2, 0.25) is 0 Å². The van der Waals surface area contributed by atoms with Crippen LogP contribution in [0, 0.1) is 0 Å². The van der Waals surface area contributed by atoms with Crippen LogP contribution in [0.4, 0.5) is 4.79 Å². The molecule has 1 aromatic rings. The van der Waals surface area contributed by atoms with E-state index in [9.17, 15) is 4.79 Å². The molecule has 0 aromatic carbocycles. The Hall–Kier alpha value is -1.80. The number of carbonyl (C=O) groups is 1. The summed E-state index contributed by atoms with van der Waals surface area (Å²) in [5.41, 5.74) is 0. The normalized spacial score (nSPS) is 16.7. The highest BCUT2D eigenvalue weighted by molar-refractivity contribution is 7.10. The van der Waals surface area contributed by atoms with Gasteiger partial charge in [0.2, 0.25) is 0 Å². The molecule has 0 radical (unpaired) electrons. The lowest BCUT2D eigenvalue weighted by atomic mass is 10.2. The van der Waals surface area contributed by atoms with Crippen molar-refractivity contribution in [3.05, 3.63) is 22.4 Å². The van der Waals surface area contributed by atoms with Crippen LogP contribution in [0.15, 0.2) is 22.5 Å². The number of carbonyl (C=O) groups excluding carboxylic acids is 1. The summed E-state index contributed by atoms with van der Waals surface area (Å²) in [6, 6.07) is 4.51. The van der Waals surface area contributed by atoms with Crippen molar-refractivity contribution in [3.63, 3.8) is 0 Å². The molecule has 1 N–H and O–H groups in total. The van der Waals surface area contributed by atoms with Crippen LogP contribution in [0.1, 0.15) is 24.8 Å². The molecule has 0 bridgehead atoms. The molecular weight excluding hydrogens is 350 g/mol. The van der Waals surface area contributed by atoms with E-state index < -0.39 is 0 Å². The lowest BCUT2D eigenvalue weighted by Gasteiger charge is -2.36. The molecule has 1 aliphatic heterocycles. The average Bonchev–Trinajstić information content (AvgIpc) is 3.15. The summed E-state index contributed by atoms with van der Waals surface area (Å²) < 4.78 is 5.09. The Kier molecular flexibility index (Phi) is 8.18.